The van der Waals surface area contributed by atoms with Gasteiger partial charge in [-0.3, -0.25) is 0 Å². The minimum absolute atomic E-state index is 0.149. The number of nitrogen functional groups attached to an aromatic ring is 2. The number of nitrogens with zero attached hydrogens (tertiary/aromatic N) is 2. The SMILES string of the molecule is CC(C)(C)c1ccc(-c2nc(C3CC3)n(N)c2N)cc1. The largest absolute Gasteiger partial charge is 0.382 e. The molecule has 0 saturated heterocycles. The van der Waals surface area contributed by atoms with Crippen molar-refractivity contribution in [1.82, 2.24) is 9.66 Å². The Morgan fingerprint density at radius 2 is 1.75 bits per heavy atom. The third-order valence-corrected chi connectivity index (χ3v) is 3.94. The van der Waals surface area contributed by atoms with E-state index in [0.29, 0.717) is 11.7 Å². The van der Waals surface area contributed by atoms with Gasteiger partial charge in [0.05, 0.1) is 0 Å². The average Bonchev–Trinajstić information content (AvgIpc) is 3.18. The van der Waals surface area contributed by atoms with Crippen molar-refractivity contribution in [2.24, 2.45) is 0 Å². The highest BCUT2D eigenvalue weighted by atomic mass is 15.4. The third kappa shape index (κ3) is 2.15. The minimum Gasteiger partial charge on any atom is -0.382 e. The van der Waals surface area contributed by atoms with Crippen molar-refractivity contribution < 1.29 is 0 Å². The second-order valence-corrected chi connectivity index (χ2v) is 6.68. The van der Waals surface area contributed by atoms with Crippen molar-refractivity contribution in [2.75, 3.05) is 11.6 Å². The van der Waals surface area contributed by atoms with Gasteiger partial charge in [0.2, 0.25) is 0 Å². The number of aromatic nitrogens is 2. The molecule has 1 aliphatic carbocycles. The van der Waals surface area contributed by atoms with Crippen LogP contribution in [0.1, 0.15) is 50.9 Å². The molecule has 0 radical (unpaired) electrons. The molecule has 3 rings (SSSR count). The van der Waals surface area contributed by atoms with E-state index in [1.165, 1.54) is 5.56 Å². The number of rotatable bonds is 2. The summed E-state index contributed by atoms with van der Waals surface area (Å²) in [7, 11) is 0. The van der Waals surface area contributed by atoms with Gasteiger partial charge in [-0.2, -0.15) is 0 Å². The van der Waals surface area contributed by atoms with Crippen molar-refractivity contribution in [3.63, 3.8) is 0 Å². The highest BCUT2D eigenvalue weighted by Crippen LogP contribution is 2.41. The van der Waals surface area contributed by atoms with Gasteiger partial charge in [-0.1, -0.05) is 45.0 Å². The van der Waals surface area contributed by atoms with Crippen molar-refractivity contribution >= 4 is 5.82 Å². The summed E-state index contributed by atoms with van der Waals surface area (Å²) >= 11 is 0. The van der Waals surface area contributed by atoms with Crippen LogP contribution in [0.15, 0.2) is 24.3 Å². The number of nitrogens with two attached hydrogens (primary N) is 2. The second kappa shape index (κ2) is 4.27. The fourth-order valence-corrected chi connectivity index (χ4v) is 2.43. The van der Waals surface area contributed by atoms with Gasteiger partial charge in [0.1, 0.15) is 11.5 Å². The fraction of sp³-hybridized carbons (Fsp3) is 0.438. The summed E-state index contributed by atoms with van der Waals surface area (Å²) in [6.45, 7) is 6.61. The first-order chi connectivity index (χ1) is 9.38. The first-order valence-electron chi connectivity index (χ1n) is 7.12. The average molecular weight is 270 g/mol. The van der Waals surface area contributed by atoms with Crippen LogP contribution in [0.4, 0.5) is 5.82 Å². The van der Waals surface area contributed by atoms with Crippen LogP contribution in [-0.2, 0) is 5.41 Å². The van der Waals surface area contributed by atoms with Crippen LogP contribution in [0, 0.1) is 0 Å². The number of imidazole rings is 1. The standard InChI is InChI=1S/C16H22N4/c1-16(2,3)12-8-6-10(7-9-12)13-14(17)20(18)15(19-13)11-4-5-11/h6-9,11H,4-5,17-18H2,1-3H3. The summed E-state index contributed by atoms with van der Waals surface area (Å²) in [5.41, 5.74) is 9.38. The summed E-state index contributed by atoms with van der Waals surface area (Å²) in [5.74, 6) is 7.97. The summed E-state index contributed by atoms with van der Waals surface area (Å²) in [4.78, 5) is 4.65. The molecule has 1 aromatic carbocycles. The molecule has 0 amide bonds. The first kappa shape index (κ1) is 13.0. The van der Waals surface area contributed by atoms with Gasteiger partial charge in [-0.25, -0.2) is 9.66 Å². The zero-order valence-electron chi connectivity index (χ0n) is 12.4. The maximum absolute atomic E-state index is 6.10. The molecule has 4 nitrogen and oxygen atoms in total. The lowest BCUT2D eigenvalue weighted by Crippen LogP contribution is -2.14. The Hall–Kier alpha value is -1.97. The van der Waals surface area contributed by atoms with E-state index in [-0.39, 0.29) is 5.41 Å². The molecule has 20 heavy (non-hydrogen) atoms. The predicted molar refractivity (Wildman–Crippen MR) is 82.9 cm³/mol. The van der Waals surface area contributed by atoms with Gasteiger partial charge in [0.25, 0.3) is 0 Å². The van der Waals surface area contributed by atoms with E-state index in [4.69, 9.17) is 11.6 Å². The van der Waals surface area contributed by atoms with E-state index in [1.807, 2.05) is 0 Å². The number of benzene rings is 1. The molecule has 4 N–H and O–H groups in total. The Morgan fingerprint density at radius 1 is 1.15 bits per heavy atom. The van der Waals surface area contributed by atoms with E-state index in [1.54, 1.807) is 4.68 Å². The number of anilines is 1. The molecule has 0 atom stereocenters. The van der Waals surface area contributed by atoms with Crippen molar-refractivity contribution in [1.29, 1.82) is 0 Å². The Bertz CT molecular complexity index is 628. The summed E-state index contributed by atoms with van der Waals surface area (Å²) in [5, 5.41) is 0. The van der Waals surface area contributed by atoms with Gasteiger partial charge in [0, 0.05) is 11.5 Å². The Morgan fingerprint density at radius 3 is 2.25 bits per heavy atom. The Balaban J connectivity index is 1.99. The molecule has 0 spiro atoms. The monoisotopic (exact) mass is 270 g/mol. The fourth-order valence-electron chi connectivity index (χ4n) is 2.43. The van der Waals surface area contributed by atoms with Gasteiger partial charge in [-0.05, 0) is 23.8 Å². The molecule has 1 aliphatic rings. The Labute approximate surface area is 119 Å². The zero-order chi connectivity index (χ0) is 14.5. The lowest BCUT2D eigenvalue weighted by atomic mass is 9.86. The Kier molecular flexibility index (Phi) is 2.78. The zero-order valence-corrected chi connectivity index (χ0v) is 12.4. The molecule has 2 aromatic rings. The summed E-state index contributed by atoms with van der Waals surface area (Å²) in [6.07, 6.45) is 2.33. The van der Waals surface area contributed by atoms with Gasteiger partial charge in [-0.15, -0.1) is 0 Å². The highest BCUT2D eigenvalue weighted by molar-refractivity contribution is 5.71. The van der Waals surface area contributed by atoms with Crippen LogP contribution < -0.4 is 11.6 Å². The van der Waals surface area contributed by atoms with E-state index >= 15 is 0 Å². The van der Waals surface area contributed by atoms with E-state index in [9.17, 15) is 0 Å². The summed E-state index contributed by atoms with van der Waals surface area (Å²) < 4.78 is 1.55. The highest BCUT2D eigenvalue weighted by Gasteiger charge is 2.30. The lowest BCUT2D eigenvalue weighted by molar-refractivity contribution is 0.590. The number of hydrogen-bond donors (Lipinski definition) is 2. The molecule has 0 unspecified atom stereocenters. The third-order valence-electron chi connectivity index (χ3n) is 3.94. The topological polar surface area (TPSA) is 69.9 Å². The summed E-state index contributed by atoms with van der Waals surface area (Å²) in [6, 6.07) is 8.44. The van der Waals surface area contributed by atoms with Crippen molar-refractivity contribution in [3.05, 3.63) is 35.7 Å². The van der Waals surface area contributed by atoms with E-state index < -0.39 is 0 Å². The van der Waals surface area contributed by atoms with Gasteiger partial charge in [0.15, 0.2) is 5.82 Å². The second-order valence-electron chi connectivity index (χ2n) is 6.68. The van der Waals surface area contributed by atoms with Crippen molar-refractivity contribution in [3.8, 4) is 11.3 Å². The van der Waals surface area contributed by atoms with Crippen LogP contribution in [-0.4, -0.2) is 9.66 Å². The maximum atomic E-state index is 6.10. The molecule has 4 heteroatoms. The smallest absolute Gasteiger partial charge is 0.150 e. The van der Waals surface area contributed by atoms with Crippen LogP contribution in [0.3, 0.4) is 0 Å². The van der Waals surface area contributed by atoms with Gasteiger partial charge >= 0.3 is 0 Å². The molecular weight excluding hydrogens is 248 g/mol. The molecule has 1 saturated carbocycles. The molecule has 1 aromatic heterocycles. The minimum atomic E-state index is 0.149. The van der Waals surface area contributed by atoms with Crippen LogP contribution in [0.25, 0.3) is 11.3 Å². The van der Waals surface area contributed by atoms with Gasteiger partial charge < -0.3 is 11.6 Å². The molecule has 106 valence electrons. The van der Waals surface area contributed by atoms with E-state index in [0.717, 1.165) is 29.9 Å². The lowest BCUT2D eigenvalue weighted by Gasteiger charge is -2.19. The van der Waals surface area contributed by atoms with Crippen LogP contribution in [0.2, 0.25) is 0 Å². The predicted octanol–water partition coefficient (Wildman–Crippen LogP) is 3.02. The first-order valence-corrected chi connectivity index (χ1v) is 7.12. The molecular formula is C16H22N4. The van der Waals surface area contributed by atoms with Crippen molar-refractivity contribution in [2.45, 2.75) is 44.9 Å². The molecule has 1 heterocycles. The number of hydrogen-bond acceptors (Lipinski definition) is 3. The maximum Gasteiger partial charge on any atom is 0.150 e. The van der Waals surface area contributed by atoms with Crippen LogP contribution >= 0.6 is 0 Å². The molecule has 0 aliphatic heterocycles. The van der Waals surface area contributed by atoms with Crippen LogP contribution in [0.5, 0.6) is 0 Å². The molecule has 1 fully saturated rings. The molecule has 0 bridgehead atoms. The normalized spacial score (nSPS) is 15.6. The van der Waals surface area contributed by atoms with E-state index in [2.05, 4.69) is 50.0 Å². The quantitative estimate of drug-likeness (QED) is 0.824.